The number of carboxylic acids is 1. The van der Waals surface area contributed by atoms with Gasteiger partial charge in [-0.2, -0.15) is 0 Å². The summed E-state index contributed by atoms with van der Waals surface area (Å²) in [6, 6.07) is -0.740. The number of rotatable bonds is 39. The first-order chi connectivity index (χ1) is 27.6. The summed E-state index contributed by atoms with van der Waals surface area (Å²) in [4.78, 5) is 36.8. The van der Waals surface area contributed by atoms with Crippen LogP contribution in [0.2, 0.25) is 0 Å². The Morgan fingerprint density at radius 3 is 1.53 bits per heavy atom. The molecule has 0 aromatic carbocycles. The average molecular weight is 798 g/mol. The Hall–Kier alpha value is -3.23. The number of hydrogen-bond donors (Lipinski definition) is 0. The van der Waals surface area contributed by atoms with Gasteiger partial charge in [-0.1, -0.05) is 145 Å². The number of carbonyl (C=O) groups excluding carboxylic acids is 3. The Balaban J connectivity index is 4.46. The second-order valence-electron chi connectivity index (χ2n) is 15.9. The van der Waals surface area contributed by atoms with E-state index in [0.717, 1.165) is 70.6 Å². The molecule has 0 aliphatic heterocycles. The molecule has 0 rings (SSSR count). The number of carboxylic acid groups (broad SMARTS) is 1. The van der Waals surface area contributed by atoms with Crippen molar-refractivity contribution in [3.8, 4) is 0 Å². The predicted molar refractivity (Wildman–Crippen MR) is 235 cm³/mol. The molecule has 0 amide bonds. The lowest BCUT2D eigenvalue weighted by molar-refractivity contribution is -0.889. The van der Waals surface area contributed by atoms with E-state index in [1.54, 1.807) is 21.1 Å². The van der Waals surface area contributed by atoms with Gasteiger partial charge in [0.05, 0.1) is 40.3 Å². The number of hydrogen-bond acceptors (Lipinski definition) is 7. The highest BCUT2D eigenvalue weighted by atomic mass is 16.6. The molecular formula is C49H83NO7. The molecule has 2 atom stereocenters. The minimum absolute atomic E-state index is 0.0121. The third-order valence-electron chi connectivity index (χ3n) is 9.58. The van der Waals surface area contributed by atoms with Gasteiger partial charge in [0, 0.05) is 19.3 Å². The lowest BCUT2D eigenvalue weighted by Crippen LogP contribution is -2.55. The third kappa shape index (κ3) is 38.1. The second kappa shape index (κ2) is 39.6. The van der Waals surface area contributed by atoms with E-state index in [9.17, 15) is 19.5 Å². The summed E-state index contributed by atoms with van der Waals surface area (Å²) < 4.78 is 17.1. The maximum absolute atomic E-state index is 12.7. The van der Waals surface area contributed by atoms with Crippen LogP contribution < -0.4 is 5.11 Å². The Kier molecular flexibility index (Phi) is 37.3. The first-order valence-corrected chi connectivity index (χ1v) is 22.5. The van der Waals surface area contributed by atoms with E-state index in [2.05, 4.69) is 86.8 Å². The molecule has 57 heavy (non-hydrogen) atoms. The van der Waals surface area contributed by atoms with E-state index in [1.165, 1.54) is 57.8 Å². The van der Waals surface area contributed by atoms with Gasteiger partial charge < -0.3 is 28.6 Å². The zero-order valence-electron chi connectivity index (χ0n) is 37.0. The van der Waals surface area contributed by atoms with Crippen LogP contribution in [-0.4, -0.2) is 75.5 Å². The number of carbonyl (C=O) groups is 3. The minimum atomic E-state index is -1.14. The van der Waals surface area contributed by atoms with Crippen molar-refractivity contribution in [2.75, 3.05) is 41.0 Å². The summed E-state index contributed by atoms with van der Waals surface area (Å²) in [5.74, 6) is -1.83. The Morgan fingerprint density at radius 1 is 0.544 bits per heavy atom. The van der Waals surface area contributed by atoms with Crippen LogP contribution in [-0.2, 0) is 28.6 Å². The maximum atomic E-state index is 12.7. The SMILES string of the molecule is CC/C=C/C/C=C/C/C=C/C/C=C/C/C=C/CCCC(=O)OC(COCCC(C(=O)[O-])[N+](C)(C)C)COC(=O)CCCCCCC/C=C/CCCCCCCCC. The van der Waals surface area contributed by atoms with Gasteiger partial charge >= 0.3 is 11.9 Å². The lowest BCUT2D eigenvalue weighted by atomic mass is 10.1. The zero-order valence-corrected chi connectivity index (χ0v) is 37.0. The molecule has 0 N–H and O–H groups in total. The van der Waals surface area contributed by atoms with E-state index >= 15 is 0 Å². The summed E-state index contributed by atoms with van der Waals surface area (Å²) in [5, 5.41) is 11.6. The van der Waals surface area contributed by atoms with E-state index in [1.807, 2.05) is 0 Å². The first-order valence-electron chi connectivity index (χ1n) is 22.5. The van der Waals surface area contributed by atoms with Gasteiger partial charge in [0.1, 0.15) is 12.6 Å². The minimum Gasteiger partial charge on any atom is -0.544 e. The molecule has 0 spiro atoms. The predicted octanol–water partition coefficient (Wildman–Crippen LogP) is 11.0. The molecule has 0 bridgehead atoms. The summed E-state index contributed by atoms with van der Waals surface area (Å²) in [7, 11) is 5.38. The smallest absolute Gasteiger partial charge is 0.306 e. The van der Waals surface area contributed by atoms with Crippen LogP contribution in [0.3, 0.4) is 0 Å². The molecule has 0 aromatic rings. The highest BCUT2D eigenvalue weighted by molar-refractivity contribution is 5.70. The van der Waals surface area contributed by atoms with Gasteiger partial charge in [-0.3, -0.25) is 9.59 Å². The molecule has 0 saturated carbocycles. The van der Waals surface area contributed by atoms with Crippen molar-refractivity contribution in [1.82, 2.24) is 0 Å². The summed E-state index contributed by atoms with van der Waals surface area (Å²) in [5.41, 5.74) is 0. The Morgan fingerprint density at radius 2 is 1.00 bits per heavy atom. The van der Waals surface area contributed by atoms with Crippen LogP contribution in [0.5, 0.6) is 0 Å². The number of aliphatic carboxylic acids is 1. The molecule has 8 nitrogen and oxygen atoms in total. The molecule has 0 aliphatic carbocycles. The lowest BCUT2D eigenvalue weighted by Gasteiger charge is -2.34. The highest BCUT2D eigenvalue weighted by Crippen LogP contribution is 2.12. The number of ether oxygens (including phenoxy) is 3. The number of unbranched alkanes of at least 4 members (excludes halogenated alkanes) is 13. The van der Waals surface area contributed by atoms with E-state index in [0.29, 0.717) is 12.8 Å². The highest BCUT2D eigenvalue weighted by Gasteiger charge is 2.25. The van der Waals surface area contributed by atoms with Crippen LogP contribution in [0.15, 0.2) is 72.9 Å². The van der Waals surface area contributed by atoms with Crippen LogP contribution >= 0.6 is 0 Å². The normalized spacial score (nSPS) is 13.6. The fourth-order valence-electron chi connectivity index (χ4n) is 6.10. The van der Waals surface area contributed by atoms with Crippen LogP contribution in [0, 0.1) is 0 Å². The second-order valence-corrected chi connectivity index (χ2v) is 15.9. The van der Waals surface area contributed by atoms with Gasteiger partial charge in [-0.15, -0.1) is 0 Å². The average Bonchev–Trinajstić information content (AvgIpc) is 3.17. The number of nitrogens with zero attached hydrogens (tertiary/aromatic N) is 1. The molecule has 8 heteroatoms. The fourth-order valence-corrected chi connectivity index (χ4v) is 6.10. The molecule has 0 heterocycles. The molecule has 0 aromatic heterocycles. The van der Waals surface area contributed by atoms with Crippen molar-refractivity contribution in [2.24, 2.45) is 0 Å². The van der Waals surface area contributed by atoms with Gasteiger partial charge in [-0.25, -0.2) is 0 Å². The van der Waals surface area contributed by atoms with Crippen molar-refractivity contribution in [2.45, 2.75) is 180 Å². The van der Waals surface area contributed by atoms with Crippen molar-refractivity contribution >= 4 is 17.9 Å². The van der Waals surface area contributed by atoms with E-state index in [-0.39, 0.29) is 49.1 Å². The van der Waals surface area contributed by atoms with Gasteiger partial charge in [-0.05, 0) is 77.0 Å². The van der Waals surface area contributed by atoms with Crippen LogP contribution in [0.25, 0.3) is 0 Å². The summed E-state index contributed by atoms with van der Waals surface area (Å²) >= 11 is 0. The maximum Gasteiger partial charge on any atom is 0.306 e. The first kappa shape index (κ1) is 53.8. The molecule has 0 fully saturated rings. The van der Waals surface area contributed by atoms with Crippen molar-refractivity contribution in [3.63, 3.8) is 0 Å². The summed E-state index contributed by atoms with van der Waals surface area (Å²) in [6.45, 7) is 4.46. The Labute approximate surface area is 349 Å². The van der Waals surface area contributed by atoms with Crippen LogP contribution in [0.4, 0.5) is 0 Å². The van der Waals surface area contributed by atoms with Crippen molar-refractivity contribution in [1.29, 1.82) is 0 Å². The van der Waals surface area contributed by atoms with Crippen molar-refractivity contribution in [3.05, 3.63) is 72.9 Å². The third-order valence-corrected chi connectivity index (χ3v) is 9.58. The zero-order chi connectivity index (χ0) is 42.1. The van der Waals surface area contributed by atoms with Crippen LogP contribution in [0.1, 0.15) is 168 Å². The molecule has 0 saturated heterocycles. The molecule has 0 aliphatic rings. The monoisotopic (exact) mass is 798 g/mol. The van der Waals surface area contributed by atoms with Gasteiger partial charge in [0.2, 0.25) is 0 Å². The topological polar surface area (TPSA) is 102 Å². The fraction of sp³-hybridized carbons (Fsp3) is 0.694. The molecular weight excluding hydrogens is 715 g/mol. The van der Waals surface area contributed by atoms with Crippen molar-refractivity contribution < 1.29 is 38.2 Å². The summed E-state index contributed by atoms with van der Waals surface area (Å²) in [6.07, 6.45) is 49.3. The quantitative estimate of drug-likeness (QED) is 0.0264. The van der Waals surface area contributed by atoms with E-state index < -0.39 is 18.1 Å². The molecule has 326 valence electrons. The number of quaternary nitrogens is 1. The molecule has 0 radical (unpaired) electrons. The standard InChI is InChI=1S/C49H83NO7/c1-6-8-10-12-14-16-18-20-22-24-26-28-30-32-34-36-38-40-48(52)57-45(43-55-42-41-46(49(53)54)50(3,4)5)44-56-47(51)39-37-35-33-31-29-27-25-23-21-19-17-15-13-11-9-7-2/h8,10,14,16,20,22-23,25-26,28,32,34,45-46H,6-7,9,11-13,15,17-19,21,24,27,29-31,33,35-44H2,1-5H3/b10-8+,16-14+,22-20+,25-23+,28-26+,34-32+. The number of likely N-dealkylation sites (N-methyl/N-ethyl adjacent to an activating group) is 1. The largest absolute Gasteiger partial charge is 0.544 e. The number of allylic oxidation sites excluding steroid dienone is 12. The van der Waals surface area contributed by atoms with E-state index in [4.69, 9.17) is 14.2 Å². The Bertz CT molecular complexity index is 1160. The molecule has 2 unspecified atom stereocenters. The van der Waals surface area contributed by atoms with Gasteiger partial charge in [0.25, 0.3) is 0 Å². The number of esters is 2. The van der Waals surface area contributed by atoms with Gasteiger partial charge in [0.15, 0.2) is 6.10 Å².